The van der Waals surface area contributed by atoms with Crippen LogP contribution in [0.25, 0.3) is 11.3 Å². The number of hydrogen-bond acceptors (Lipinski definition) is 2. The van der Waals surface area contributed by atoms with Gasteiger partial charge in [0, 0.05) is 23.1 Å². The normalized spacial score (nSPS) is 15.1. The molecule has 2 aromatic rings. The first-order valence-electron chi connectivity index (χ1n) is 7.25. The van der Waals surface area contributed by atoms with Gasteiger partial charge in [0.15, 0.2) is 0 Å². The van der Waals surface area contributed by atoms with Gasteiger partial charge in [-0.2, -0.15) is 0 Å². The van der Waals surface area contributed by atoms with Crippen LogP contribution in [0.1, 0.15) is 56.5 Å². The highest BCUT2D eigenvalue weighted by atomic mass is 19.3. The third kappa shape index (κ3) is 2.52. The number of halogens is 2. The highest BCUT2D eigenvalue weighted by Crippen LogP contribution is 2.42. The van der Waals surface area contributed by atoms with Gasteiger partial charge >= 0.3 is 0 Å². The van der Waals surface area contributed by atoms with Gasteiger partial charge in [-0.3, -0.25) is 0 Å². The Labute approximate surface area is 122 Å². The lowest BCUT2D eigenvalue weighted by molar-refractivity contribution is 0.151. The highest BCUT2D eigenvalue weighted by Gasteiger charge is 2.30. The van der Waals surface area contributed by atoms with E-state index in [9.17, 15) is 8.78 Å². The molecular weight excluding hydrogens is 272 g/mol. The van der Waals surface area contributed by atoms with Crippen LogP contribution in [0.15, 0.2) is 24.3 Å². The summed E-state index contributed by atoms with van der Waals surface area (Å²) in [6.07, 6.45) is -0.194. The monoisotopic (exact) mass is 291 g/mol. The van der Waals surface area contributed by atoms with Crippen molar-refractivity contribution in [2.45, 2.75) is 45.1 Å². The van der Waals surface area contributed by atoms with Crippen molar-refractivity contribution in [2.75, 3.05) is 5.73 Å². The number of hydrogen-bond donors (Lipinski definition) is 1. The first-order valence-corrected chi connectivity index (χ1v) is 7.25. The largest absolute Gasteiger partial charge is 0.383 e. The van der Waals surface area contributed by atoms with Crippen LogP contribution in [-0.4, -0.2) is 9.55 Å². The molecule has 0 aliphatic heterocycles. The number of alkyl halides is 2. The maximum Gasteiger partial charge on any atom is 0.263 e. The molecule has 0 atom stereocenters. The van der Waals surface area contributed by atoms with Gasteiger partial charge < -0.3 is 10.3 Å². The van der Waals surface area contributed by atoms with E-state index < -0.39 is 6.43 Å². The van der Waals surface area contributed by atoms with Crippen LogP contribution in [0.5, 0.6) is 0 Å². The van der Waals surface area contributed by atoms with Crippen LogP contribution >= 0.6 is 0 Å². The fourth-order valence-corrected chi connectivity index (χ4v) is 2.59. The van der Waals surface area contributed by atoms with Gasteiger partial charge in [-0.1, -0.05) is 38.1 Å². The maximum absolute atomic E-state index is 12.6. The van der Waals surface area contributed by atoms with E-state index in [0.29, 0.717) is 17.6 Å². The lowest BCUT2D eigenvalue weighted by atomic mass is 10.1. The van der Waals surface area contributed by atoms with Gasteiger partial charge in [0.1, 0.15) is 17.3 Å². The first-order chi connectivity index (χ1) is 9.99. The van der Waals surface area contributed by atoms with Crippen molar-refractivity contribution in [2.24, 2.45) is 0 Å². The fourth-order valence-electron chi connectivity index (χ4n) is 2.59. The summed E-state index contributed by atoms with van der Waals surface area (Å²) >= 11 is 0. The molecule has 2 N–H and O–H groups in total. The van der Waals surface area contributed by atoms with Gasteiger partial charge in [-0.15, -0.1) is 0 Å². The Morgan fingerprint density at radius 2 is 1.81 bits per heavy atom. The van der Waals surface area contributed by atoms with Crippen LogP contribution in [0, 0.1) is 0 Å². The summed E-state index contributed by atoms with van der Waals surface area (Å²) in [7, 11) is 0. The van der Waals surface area contributed by atoms with Gasteiger partial charge in [0.2, 0.25) is 0 Å². The predicted molar refractivity (Wildman–Crippen MR) is 79.4 cm³/mol. The molecule has 0 spiro atoms. The van der Waals surface area contributed by atoms with Gasteiger partial charge in [0.25, 0.3) is 6.43 Å². The van der Waals surface area contributed by atoms with E-state index in [1.165, 1.54) is 12.1 Å². The molecule has 1 aliphatic rings. The second kappa shape index (κ2) is 5.13. The highest BCUT2D eigenvalue weighted by molar-refractivity contribution is 5.71. The lowest BCUT2D eigenvalue weighted by Crippen LogP contribution is -2.06. The summed E-state index contributed by atoms with van der Waals surface area (Å²) in [5.41, 5.74) is 7.77. The van der Waals surface area contributed by atoms with E-state index in [1.807, 2.05) is 0 Å². The average molecular weight is 291 g/mol. The van der Waals surface area contributed by atoms with Crippen LogP contribution < -0.4 is 5.73 Å². The molecule has 1 fully saturated rings. The molecule has 0 bridgehead atoms. The molecular formula is C16H19F2N3. The zero-order valence-electron chi connectivity index (χ0n) is 12.2. The van der Waals surface area contributed by atoms with Gasteiger partial charge in [-0.05, 0) is 12.8 Å². The fraction of sp³-hybridized carbons (Fsp3) is 0.438. The molecule has 1 aliphatic carbocycles. The standard InChI is InChI=1S/C16H19F2N3/c1-9(2)16-20-13(15(19)21(16)12-7-8-12)10-3-5-11(6-4-10)14(17)18/h3-6,9,12,14H,7-8,19H2,1-2H3. The second-order valence-corrected chi connectivity index (χ2v) is 5.88. The number of imidazole rings is 1. The minimum Gasteiger partial charge on any atom is -0.383 e. The van der Waals surface area contributed by atoms with E-state index in [1.54, 1.807) is 12.1 Å². The molecule has 0 unspecified atom stereocenters. The summed E-state index contributed by atoms with van der Waals surface area (Å²) in [6.45, 7) is 4.18. The Morgan fingerprint density at radius 1 is 1.19 bits per heavy atom. The van der Waals surface area contributed by atoms with Crippen LogP contribution in [0.2, 0.25) is 0 Å². The van der Waals surface area contributed by atoms with Crippen LogP contribution in [-0.2, 0) is 0 Å². The molecule has 0 radical (unpaired) electrons. The van der Waals surface area contributed by atoms with Crippen molar-refractivity contribution in [3.05, 3.63) is 35.7 Å². The number of nitrogen functional groups attached to an aromatic ring is 1. The Balaban J connectivity index is 2.04. The number of aromatic nitrogens is 2. The van der Waals surface area contributed by atoms with E-state index >= 15 is 0 Å². The minimum absolute atomic E-state index is 0.0167. The average Bonchev–Trinajstić information content (AvgIpc) is 3.22. The third-order valence-electron chi connectivity index (χ3n) is 3.84. The van der Waals surface area contributed by atoms with Crippen molar-refractivity contribution < 1.29 is 8.78 Å². The molecule has 5 heteroatoms. The van der Waals surface area contributed by atoms with Gasteiger partial charge in [-0.25, -0.2) is 13.8 Å². The molecule has 1 aromatic heterocycles. The molecule has 112 valence electrons. The molecule has 0 saturated heterocycles. The molecule has 3 nitrogen and oxygen atoms in total. The molecule has 3 rings (SSSR count). The van der Waals surface area contributed by atoms with Crippen LogP contribution in [0.3, 0.4) is 0 Å². The quantitative estimate of drug-likeness (QED) is 0.899. The minimum atomic E-state index is -2.45. The summed E-state index contributed by atoms with van der Waals surface area (Å²) in [5.74, 6) is 1.90. The van der Waals surface area contributed by atoms with Crippen molar-refractivity contribution in [1.29, 1.82) is 0 Å². The van der Waals surface area contributed by atoms with Crippen molar-refractivity contribution >= 4 is 5.82 Å². The third-order valence-corrected chi connectivity index (χ3v) is 3.84. The van der Waals surface area contributed by atoms with E-state index in [4.69, 9.17) is 5.73 Å². The molecule has 1 aromatic carbocycles. The van der Waals surface area contributed by atoms with Gasteiger partial charge in [0.05, 0.1) is 0 Å². The summed E-state index contributed by atoms with van der Waals surface area (Å²) < 4.78 is 27.4. The molecule has 1 heterocycles. The second-order valence-electron chi connectivity index (χ2n) is 5.88. The Morgan fingerprint density at radius 3 is 2.29 bits per heavy atom. The predicted octanol–water partition coefficient (Wildman–Crippen LogP) is 4.53. The van der Waals surface area contributed by atoms with Crippen molar-refractivity contribution in [3.8, 4) is 11.3 Å². The first kappa shape index (κ1) is 14.0. The van der Waals surface area contributed by atoms with E-state index in [0.717, 1.165) is 24.2 Å². The molecule has 1 saturated carbocycles. The van der Waals surface area contributed by atoms with E-state index in [2.05, 4.69) is 23.4 Å². The number of anilines is 1. The zero-order valence-corrected chi connectivity index (χ0v) is 12.2. The zero-order chi connectivity index (χ0) is 15.1. The number of nitrogens with two attached hydrogens (primary N) is 1. The number of benzene rings is 1. The summed E-state index contributed by atoms with van der Waals surface area (Å²) in [5, 5.41) is 0. The Bertz CT molecular complexity index is 640. The lowest BCUT2D eigenvalue weighted by Gasteiger charge is -2.10. The smallest absolute Gasteiger partial charge is 0.263 e. The Hall–Kier alpha value is -1.91. The Kier molecular flexibility index (Phi) is 3.43. The number of rotatable bonds is 4. The van der Waals surface area contributed by atoms with Crippen molar-refractivity contribution in [1.82, 2.24) is 9.55 Å². The molecule has 21 heavy (non-hydrogen) atoms. The summed E-state index contributed by atoms with van der Waals surface area (Å²) in [6, 6.07) is 6.65. The number of nitrogens with zero attached hydrogens (tertiary/aromatic N) is 2. The maximum atomic E-state index is 12.6. The summed E-state index contributed by atoms with van der Waals surface area (Å²) in [4.78, 5) is 4.67. The SMILES string of the molecule is CC(C)c1nc(-c2ccc(C(F)F)cc2)c(N)n1C1CC1. The molecule has 0 amide bonds. The topological polar surface area (TPSA) is 43.8 Å². The van der Waals surface area contributed by atoms with E-state index in [-0.39, 0.29) is 11.5 Å². The van der Waals surface area contributed by atoms with Crippen molar-refractivity contribution in [3.63, 3.8) is 0 Å². The van der Waals surface area contributed by atoms with Crippen LogP contribution in [0.4, 0.5) is 14.6 Å².